The minimum absolute atomic E-state index is 0.306. The van der Waals surface area contributed by atoms with Gasteiger partial charge in [-0.15, -0.1) is 0 Å². The SMILES string of the molecule is CC(C)(C)c1cc2c3c(c1)N(c1c(-c4ccccc4)cc(-c4ccccc4)cc1-c1ccccc1)c1cc(-c4ccc5c(-c6ccccc6)c6ccccc6c(-c6ccccc6)c5c4)ccc1B3c1cc(-c3cccc4oc5ccccc5c34)ccc1N2c1c(-c2ccccc2)cc(-c2ccccc2)cc1-c1ccccc1. The average Bonchev–Trinajstić information content (AvgIpc) is 0.708. The van der Waals surface area contributed by atoms with Gasteiger partial charge in [-0.1, -0.05) is 354 Å². The molecular weight excluding hydrogens is 1350 g/mol. The zero-order valence-electron chi connectivity index (χ0n) is 62.5. The van der Waals surface area contributed by atoms with Gasteiger partial charge in [0.05, 0.1) is 11.4 Å². The van der Waals surface area contributed by atoms with E-state index in [-0.39, 0.29) is 12.1 Å². The summed E-state index contributed by atoms with van der Waals surface area (Å²) in [6.45, 7) is 6.86. The maximum Gasteiger partial charge on any atom is 0.252 e. The van der Waals surface area contributed by atoms with Crippen LogP contribution < -0.4 is 26.2 Å². The van der Waals surface area contributed by atoms with E-state index in [1.165, 1.54) is 65.8 Å². The second-order valence-electron chi connectivity index (χ2n) is 30.9. The molecule has 0 N–H and O–H groups in total. The Kier molecular flexibility index (Phi) is 15.9. The molecule has 19 aromatic rings. The van der Waals surface area contributed by atoms with Crippen molar-refractivity contribution in [1.82, 2.24) is 0 Å². The van der Waals surface area contributed by atoms with Crippen molar-refractivity contribution in [3.63, 3.8) is 0 Å². The highest BCUT2D eigenvalue weighted by atomic mass is 16.3. The van der Waals surface area contributed by atoms with E-state index in [4.69, 9.17) is 4.42 Å². The number of rotatable bonds is 12. The molecule has 0 aliphatic carbocycles. The maximum absolute atomic E-state index is 6.75. The van der Waals surface area contributed by atoms with Gasteiger partial charge in [0.1, 0.15) is 11.2 Å². The Balaban J connectivity index is 0.924. The van der Waals surface area contributed by atoms with Gasteiger partial charge < -0.3 is 14.2 Å². The van der Waals surface area contributed by atoms with Gasteiger partial charge in [-0.3, -0.25) is 0 Å². The molecule has 0 amide bonds. The first-order valence-corrected chi connectivity index (χ1v) is 39.0. The monoisotopic (exact) mass is 1430 g/mol. The van der Waals surface area contributed by atoms with Crippen molar-refractivity contribution in [2.45, 2.75) is 26.2 Å². The molecule has 0 fully saturated rings. The van der Waals surface area contributed by atoms with Gasteiger partial charge in [0.2, 0.25) is 0 Å². The van der Waals surface area contributed by atoms with Crippen molar-refractivity contribution in [3.05, 3.63) is 406 Å². The smallest absolute Gasteiger partial charge is 0.252 e. The van der Waals surface area contributed by atoms with Crippen molar-refractivity contribution in [1.29, 1.82) is 0 Å². The third kappa shape index (κ3) is 11.1. The number of anilines is 6. The number of fused-ring (bicyclic) bond motifs is 9. The minimum Gasteiger partial charge on any atom is -0.456 e. The fourth-order valence-corrected chi connectivity index (χ4v) is 18.2. The molecule has 0 unspecified atom stereocenters. The van der Waals surface area contributed by atoms with Crippen LogP contribution in [-0.2, 0) is 5.41 Å². The van der Waals surface area contributed by atoms with Crippen molar-refractivity contribution < 1.29 is 4.42 Å². The van der Waals surface area contributed by atoms with E-state index in [1.54, 1.807) is 0 Å². The molecule has 21 rings (SSSR count). The van der Waals surface area contributed by atoms with Gasteiger partial charge in [-0.05, 0) is 205 Å². The van der Waals surface area contributed by atoms with Crippen LogP contribution in [0.4, 0.5) is 34.1 Å². The second-order valence-corrected chi connectivity index (χ2v) is 30.9. The molecule has 3 heterocycles. The Hall–Kier alpha value is -14.1. The topological polar surface area (TPSA) is 19.6 Å². The molecule has 112 heavy (non-hydrogen) atoms. The predicted molar refractivity (Wildman–Crippen MR) is 476 cm³/mol. The van der Waals surface area contributed by atoms with E-state index in [0.717, 1.165) is 145 Å². The highest BCUT2D eigenvalue weighted by Gasteiger charge is 2.46. The number of benzene rings is 18. The highest BCUT2D eigenvalue weighted by Crippen LogP contribution is 2.56. The number of nitrogens with zero attached hydrogens (tertiary/aromatic N) is 2. The quantitative estimate of drug-likeness (QED) is 0.0898. The normalized spacial score (nSPS) is 12.4. The lowest BCUT2D eigenvalue weighted by Crippen LogP contribution is -2.61. The summed E-state index contributed by atoms with van der Waals surface area (Å²) in [7, 11) is 0. The summed E-state index contributed by atoms with van der Waals surface area (Å²) in [6.07, 6.45) is 0. The molecule has 0 atom stereocenters. The molecule has 3 nitrogen and oxygen atoms in total. The van der Waals surface area contributed by atoms with E-state index in [2.05, 4.69) is 431 Å². The van der Waals surface area contributed by atoms with Crippen LogP contribution in [0.5, 0.6) is 0 Å². The van der Waals surface area contributed by atoms with Gasteiger partial charge in [0.15, 0.2) is 0 Å². The van der Waals surface area contributed by atoms with Crippen molar-refractivity contribution in [3.8, 4) is 111 Å². The van der Waals surface area contributed by atoms with Gasteiger partial charge in [0, 0.05) is 55.8 Å². The molecule has 526 valence electrons. The summed E-state index contributed by atoms with van der Waals surface area (Å²) >= 11 is 0. The molecule has 4 heteroatoms. The fraction of sp³-hybridized carbons (Fsp3) is 0.0370. The Labute approximate surface area is 654 Å². The molecule has 0 spiro atoms. The minimum atomic E-state index is -0.357. The largest absolute Gasteiger partial charge is 0.456 e. The third-order valence-corrected chi connectivity index (χ3v) is 23.4. The molecule has 1 aromatic heterocycles. The van der Waals surface area contributed by atoms with E-state index >= 15 is 0 Å². The van der Waals surface area contributed by atoms with Gasteiger partial charge in [-0.25, -0.2) is 0 Å². The molecule has 0 radical (unpaired) electrons. The van der Waals surface area contributed by atoms with Crippen LogP contribution in [0, 0.1) is 0 Å². The summed E-state index contributed by atoms with van der Waals surface area (Å²) in [5.41, 5.74) is 35.7. The van der Waals surface area contributed by atoms with Crippen LogP contribution in [0.1, 0.15) is 26.3 Å². The summed E-state index contributed by atoms with van der Waals surface area (Å²) < 4.78 is 6.75. The van der Waals surface area contributed by atoms with E-state index < -0.39 is 0 Å². The van der Waals surface area contributed by atoms with Gasteiger partial charge in [0.25, 0.3) is 6.71 Å². The average molecular weight is 1430 g/mol. The van der Waals surface area contributed by atoms with Crippen LogP contribution >= 0.6 is 0 Å². The maximum atomic E-state index is 6.75. The number of hydrogen-bond donors (Lipinski definition) is 0. The summed E-state index contributed by atoms with van der Waals surface area (Å²) in [5.74, 6) is 0. The zero-order valence-corrected chi connectivity index (χ0v) is 62.5. The number of furan rings is 1. The van der Waals surface area contributed by atoms with Gasteiger partial charge in [-0.2, -0.15) is 0 Å². The second kappa shape index (κ2) is 27.0. The molecular formula is C108H75BN2O. The first kappa shape index (κ1) is 66.2. The van der Waals surface area contributed by atoms with E-state index in [0.29, 0.717) is 0 Å². The first-order chi connectivity index (χ1) is 55.2. The van der Waals surface area contributed by atoms with Crippen LogP contribution in [0.15, 0.2) is 405 Å². The van der Waals surface area contributed by atoms with Crippen LogP contribution in [-0.4, -0.2) is 6.71 Å². The molecule has 0 bridgehead atoms. The highest BCUT2D eigenvalue weighted by molar-refractivity contribution is 7.00. The van der Waals surface area contributed by atoms with E-state index in [9.17, 15) is 0 Å². The molecule has 18 aromatic carbocycles. The fourth-order valence-electron chi connectivity index (χ4n) is 18.2. The lowest BCUT2D eigenvalue weighted by atomic mass is 9.33. The lowest BCUT2D eigenvalue weighted by molar-refractivity contribution is 0.590. The summed E-state index contributed by atoms with van der Waals surface area (Å²) in [5, 5.41) is 7.05. The molecule has 0 saturated heterocycles. The van der Waals surface area contributed by atoms with Crippen molar-refractivity contribution in [2.75, 3.05) is 9.80 Å². The van der Waals surface area contributed by atoms with Gasteiger partial charge >= 0.3 is 0 Å². The molecule has 2 aliphatic heterocycles. The van der Waals surface area contributed by atoms with Crippen molar-refractivity contribution in [2.24, 2.45) is 0 Å². The summed E-state index contributed by atoms with van der Waals surface area (Å²) in [6, 6.07) is 150. The number of para-hydroxylation sites is 1. The first-order valence-electron chi connectivity index (χ1n) is 39.0. The predicted octanol–water partition coefficient (Wildman–Crippen LogP) is 27.9. The number of hydrogen-bond acceptors (Lipinski definition) is 3. The zero-order chi connectivity index (χ0) is 74.5. The van der Waals surface area contributed by atoms with Crippen LogP contribution in [0.2, 0.25) is 0 Å². The van der Waals surface area contributed by atoms with Crippen LogP contribution in [0.3, 0.4) is 0 Å². The van der Waals surface area contributed by atoms with Crippen LogP contribution in [0.25, 0.3) is 155 Å². The standard InChI is InChI=1S/C108H75BN2O/c1-108(2,3)83-68-98-105-99(69-83)111(107-91(74-41-20-8-21-42-74)64-82(71-35-14-5-15-36-71)65-92(107)75-43-22-9-23-44-75)97-67-79(78-55-58-87-93(61-78)103(77-47-26-11-27-48-77)86-50-29-28-49-85(86)102(87)76-45-24-10-25-46-76)56-59-94(97)109(105)95-66-80(84-52-32-54-101-104(84)88-51-30-31-53-100(88)112-101)57-60-96(95)110(98)106-89(72-37-16-6-17-38-72)62-81(70-33-12-4-13-34-70)63-90(106)73-39-18-7-19-40-73/h4-69H,1-3H3. The lowest BCUT2D eigenvalue weighted by Gasteiger charge is -2.46. The molecule has 0 saturated carbocycles. The summed E-state index contributed by atoms with van der Waals surface area (Å²) in [4.78, 5) is 5.41. The third-order valence-electron chi connectivity index (χ3n) is 23.4. The Morgan fingerprint density at radius 2 is 0.616 bits per heavy atom. The Bertz CT molecular complexity index is 6750. The Morgan fingerprint density at radius 3 is 1.10 bits per heavy atom. The molecule has 2 aliphatic rings. The van der Waals surface area contributed by atoms with Crippen molar-refractivity contribution >= 4 is 101 Å². The Morgan fingerprint density at radius 1 is 0.232 bits per heavy atom. The van der Waals surface area contributed by atoms with E-state index in [1.807, 2.05) is 0 Å².